The van der Waals surface area contributed by atoms with Crippen LogP contribution in [-0.4, -0.2) is 11.5 Å². The van der Waals surface area contributed by atoms with E-state index in [0.29, 0.717) is 6.42 Å². The Balaban J connectivity index is 1.02. The lowest BCUT2D eigenvalue weighted by Gasteiger charge is -2.11. The van der Waals surface area contributed by atoms with E-state index in [-0.39, 0.29) is 0 Å². The maximum atomic E-state index is 6.23. The Hall–Kier alpha value is -7.14. The molecule has 0 saturated carbocycles. The molecule has 0 spiro atoms. The van der Waals surface area contributed by atoms with Gasteiger partial charge in [-0.2, -0.15) is 0 Å². The van der Waals surface area contributed by atoms with Crippen LogP contribution in [0.3, 0.4) is 0 Å². The first-order chi connectivity index (χ1) is 28.6. The summed E-state index contributed by atoms with van der Waals surface area (Å²) in [5, 5.41) is 12.1. The van der Waals surface area contributed by atoms with Crippen molar-refractivity contribution in [2.24, 2.45) is 9.98 Å². The van der Waals surface area contributed by atoms with Crippen molar-refractivity contribution in [1.82, 2.24) is 0 Å². The van der Waals surface area contributed by atoms with Crippen molar-refractivity contribution in [2.45, 2.75) is 13.3 Å². The number of nitrogens with zero attached hydrogens (tertiary/aromatic N) is 2. The predicted octanol–water partition coefficient (Wildman–Crippen LogP) is 15.2. The highest BCUT2D eigenvalue weighted by atomic mass is 32.1. The largest absolute Gasteiger partial charge is 0.456 e. The lowest BCUT2D eigenvalue weighted by Crippen LogP contribution is -2.06. The van der Waals surface area contributed by atoms with Crippen molar-refractivity contribution < 1.29 is 4.42 Å². The molecule has 0 aliphatic carbocycles. The van der Waals surface area contributed by atoms with E-state index in [1.54, 1.807) is 0 Å². The zero-order chi connectivity index (χ0) is 38.3. The summed E-state index contributed by atoms with van der Waals surface area (Å²) in [7, 11) is 0. The van der Waals surface area contributed by atoms with Gasteiger partial charge in [-0.25, -0.2) is 9.98 Å². The molecule has 12 rings (SSSR count). The van der Waals surface area contributed by atoms with Crippen molar-refractivity contribution in [3.8, 4) is 11.1 Å². The summed E-state index contributed by atoms with van der Waals surface area (Å²) >= 11 is 1.84. The minimum atomic E-state index is 0.688. The fraction of sp³-hybridized carbons (Fsp3) is 0.0370. The molecule has 3 nitrogen and oxygen atoms in total. The predicted molar refractivity (Wildman–Crippen MR) is 248 cm³/mol. The van der Waals surface area contributed by atoms with Crippen LogP contribution in [0.15, 0.2) is 196 Å². The highest BCUT2D eigenvalue weighted by Gasteiger charge is 2.21. The van der Waals surface area contributed by atoms with Gasteiger partial charge in [0.15, 0.2) is 5.84 Å². The van der Waals surface area contributed by atoms with Gasteiger partial charge in [0, 0.05) is 48.5 Å². The van der Waals surface area contributed by atoms with E-state index < -0.39 is 0 Å². The number of furan rings is 1. The molecule has 58 heavy (non-hydrogen) atoms. The van der Waals surface area contributed by atoms with Gasteiger partial charge in [0.1, 0.15) is 11.2 Å². The zero-order valence-corrected chi connectivity index (χ0v) is 32.5. The molecule has 1 aliphatic heterocycles. The summed E-state index contributed by atoms with van der Waals surface area (Å²) in [6, 6.07) is 63.2. The first-order valence-corrected chi connectivity index (χ1v) is 20.6. The Morgan fingerprint density at radius 3 is 2.02 bits per heavy atom. The number of para-hydroxylation sites is 1. The molecule has 0 radical (unpaired) electrons. The van der Waals surface area contributed by atoms with E-state index in [2.05, 4.69) is 171 Å². The number of aliphatic imine (C=N–C) groups is 2. The standard InChI is InChI=1S/C54H34N2OS/c1-32-28-47(38-26-27-41-36(31-38)23-20-33-10-2-3-11-40(33)41)55-54(56-52(32)46-16-8-15-44-43-12-5-7-19-50(43)58-53(44)46)39-25-22-34-29-37(24-21-35(34)30-39)42-14-9-18-49-51(42)45-13-4-6-17-48(45)57-49/h2-27,29-31H,28H2,1H3. The molecule has 11 aromatic rings. The highest BCUT2D eigenvalue weighted by Crippen LogP contribution is 2.41. The molecule has 4 heteroatoms. The second kappa shape index (κ2) is 13.0. The van der Waals surface area contributed by atoms with E-state index in [4.69, 9.17) is 14.4 Å². The normalized spacial score (nSPS) is 13.7. The molecule has 0 atom stereocenters. The average Bonchev–Trinajstić information content (AvgIpc) is 3.80. The topological polar surface area (TPSA) is 37.9 Å². The Bertz CT molecular complexity index is 3620. The number of allylic oxidation sites excluding steroid dienone is 1. The second-order valence-corrected chi connectivity index (χ2v) is 16.4. The first kappa shape index (κ1) is 33.0. The summed E-state index contributed by atoms with van der Waals surface area (Å²) in [6.45, 7) is 2.23. The molecule has 0 saturated heterocycles. The Morgan fingerprint density at radius 1 is 0.466 bits per heavy atom. The third-order valence-corrected chi connectivity index (χ3v) is 13.1. The van der Waals surface area contributed by atoms with E-state index in [9.17, 15) is 0 Å². The number of fused-ring (bicyclic) bond motifs is 10. The molecule has 0 amide bonds. The fourth-order valence-corrected chi connectivity index (χ4v) is 10.2. The van der Waals surface area contributed by atoms with Gasteiger partial charge in [-0.05, 0) is 97.9 Å². The molecule has 272 valence electrons. The van der Waals surface area contributed by atoms with E-state index in [1.807, 2.05) is 23.5 Å². The summed E-state index contributed by atoms with van der Waals surface area (Å²) in [5.74, 6) is 0.721. The van der Waals surface area contributed by atoms with Crippen LogP contribution in [0.1, 0.15) is 30.0 Å². The van der Waals surface area contributed by atoms with Gasteiger partial charge in [-0.3, -0.25) is 0 Å². The van der Waals surface area contributed by atoms with Crippen LogP contribution in [0.4, 0.5) is 0 Å². The van der Waals surface area contributed by atoms with Crippen LogP contribution >= 0.6 is 11.3 Å². The maximum absolute atomic E-state index is 6.23. The molecule has 0 unspecified atom stereocenters. The van der Waals surface area contributed by atoms with Gasteiger partial charge >= 0.3 is 0 Å². The van der Waals surface area contributed by atoms with Crippen molar-refractivity contribution in [3.63, 3.8) is 0 Å². The summed E-state index contributed by atoms with van der Waals surface area (Å²) in [4.78, 5) is 11.0. The van der Waals surface area contributed by atoms with Gasteiger partial charge in [-0.15, -0.1) is 11.3 Å². The number of benzene rings is 9. The van der Waals surface area contributed by atoms with Crippen molar-refractivity contribution in [3.05, 3.63) is 198 Å². The number of amidine groups is 1. The summed E-state index contributed by atoms with van der Waals surface area (Å²) < 4.78 is 8.78. The average molecular weight is 759 g/mol. The van der Waals surface area contributed by atoms with Crippen LogP contribution in [-0.2, 0) is 0 Å². The molecule has 1 aliphatic rings. The molecular weight excluding hydrogens is 725 g/mol. The van der Waals surface area contributed by atoms with Crippen molar-refractivity contribution in [1.29, 1.82) is 0 Å². The Morgan fingerprint density at radius 2 is 1.10 bits per heavy atom. The first-order valence-electron chi connectivity index (χ1n) is 19.8. The monoisotopic (exact) mass is 758 g/mol. The van der Waals surface area contributed by atoms with Gasteiger partial charge in [0.2, 0.25) is 0 Å². The van der Waals surface area contributed by atoms with Crippen LogP contribution in [0.25, 0.3) is 91.3 Å². The smallest absolute Gasteiger partial charge is 0.160 e. The second-order valence-electron chi connectivity index (χ2n) is 15.4. The van der Waals surface area contributed by atoms with E-state index in [0.717, 1.165) is 72.2 Å². The third kappa shape index (κ3) is 5.26. The molecule has 2 aromatic heterocycles. The lowest BCUT2D eigenvalue weighted by molar-refractivity contribution is 0.669. The minimum Gasteiger partial charge on any atom is -0.456 e. The van der Waals surface area contributed by atoms with Crippen molar-refractivity contribution in [2.75, 3.05) is 0 Å². The van der Waals surface area contributed by atoms with Crippen LogP contribution < -0.4 is 0 Å². The lowest BCUT2D eigenvalue weighted by atomic mass is 9.95. The quantitative estimate of drug-likeness (QED) is 0.165. The number of hydrogen-bond acceptors (Lipinski definition) is 4. The van der Waals surface area contributed by atoms with Crippen LogP contribution in [0.2, 0.25) is 0 Å². The van der Waals surface area contributed by atoms with Crippen LogP contribution in [0.5, 0.6) is 0 Å². The highest BCUT2D eigenvalue weighted by molar-refractivity contribution is 7.26. The summed E-state index contributed by atoms with van der Waals surface area (Å²) in [5.41, 5.74) is 10.6. The van der Waals surface area contributed by atoms with Crippen molar-refractivity contribution >= 4 is 103 Å². The van der Waals surface area contributed by atoms with Gasteiger partial charge < -0.3 is 4.42 Å². The molecule has 0 fully saturated rings. The number of rotatable bonds is 4. The third-order valence-electron chi connectivity index (χ3n) is 11.8. The number of thiophene rings is 1. The molecule has 9 aromatic carbocycles. The van der Waals surface area contributed by atoms with Gasteiger partial charge in [0.25, 0.3) is 0 Å². The minimum absolute atomic E-state index is 0.688. The molecule has 3 heterocycles. The Kier molecular flexibility index (Phi) is 7.38. The summed E-state index contributed by atoms with van der Waals surface area (Å²) in [6.07, 6.45) is 0.688. The van der Waals surface area contributed by atoms with E-state index in [1.165, 1.54) is 52.9 Å². The van der Waals surface area contributed by atoms with Gasteiger partial charge in [-0.1, -0.05) is 140 Å². The maximum Gasteiger partial charge on any atom is 0.160 e. The Labute approximate surface area is 338 Å². The SMILES string of the molecule is CC1=C(c2cccc3c2sc2ccccc23)N=C(c2ccc3cc(-c4cccc5oc6ccccc6c45)ccc3c2)N=C(c2ccc3c(ccc4ccccc43)c2)C1. The van der Waals surface area contributed by atoms with Crippen LogP contribution in [0, 0.1) is 0 Å². The fourth-order valence-electron chi connectivity index (χ4n) is 9.01. The van der Waals surface area contributed by atoms with Gasteiger partial charge in [0.05, 0.1) is 11.4 Å². The molecular formula is C54H34N2OS. The zero-order valence-electron chi connectivity index (χ0n) is 31.7. The molecule has 0 bridgehead atoms. The van der Waals surface area contributed by atoms with E-state index >= 15 is 0 Å². The molecule has 0 N–H and O–H groups in total. The number of hydrogen-bond donors (Lipinski definition) is 0.